The highest BCUT2D eigenvalue weighted by molar-refractivity contribution is 7.13. The summed E-state index contributed by atoms with van der Waals surface area (Å²) in [5.74, 6) is -5.93. The van der Waals surface area contributed by atoms with Crippen molar-refractivity contribution in [2.24, 2.45) is 12.5 Å². The fourth-order valence-electron chi connectivity index (χ4n) is 8.13. The van der Waals surface area contributed by atoms with Gasteiger partial charge < -0.3 is 30.7 Å². The smallest absolute Gasteiger partial charge is 0.355 e. The molecule has 0 saturated carbocycles. The molecule has 1 aliphatic rings. The number of likely N-dealkylation sites (tertiary alicyclic amines) is 1. The highest BCUT2D eigenvalue weighted by atomic mass is 35.5. The van der Waals surface area contributed by atoms with Crippen LogP contribution in [-0.2, 0) is 52.3 Å². The molecule has 3 atom stereocenters. The molecule has 1 fully saturated rings. The number of hydrogen-bond acceptors (Lipinski definition) is 14. The van der Waals surface area contributed by atoms with Crippen molar-refractivity contribution in [3.63, 3.8) is 0 Å². The van der Waals surface area contributed by atoms with E-state index in [0.717, 1.165) is 26.3 Å². The third-order valence-corrected chi connectivity index (χ3v) is 13.1. The number of amides is 3. The summed E-state index contributed by atoms with van der Waals surface area (Å²) in [7, 11) is 1.71. The molecule has 3 amide bonds. The number of thiazole rings is 1. The molecule has 7 aromatic rings. The second-order valence-corrected chi connectivity index (χ2v) is 19.6. The number of fused-ring (bicyclic) bond motifs is 1. The van der Waals surface area contributed by atoms with Crippen LogP contribution in [0.1, 0.15) is 49.7 Å². The van der Waals surface area contributed by atoms with Crippen molar-refractivity contribution >= 4 is 63.2 Å². The maximum absolute atomic E-state index is 14.9. The number of halogens is 4. The van der Waals surface area contributed by atoms with Gasteiger partial charge in [-0.2, -0.15) is 10.1 Å². The molecule has 4 N–H and O–H groups in total. The van der Waals surface area contributed by atoms with Gasteiger partial charge in [0.15, 0.2) is 11.6 Å². The van der Waals surface area contributed by atoms with Gasteiger partial charge in [0.1, 0.15) is 30.2 Å². The Kier molecular flexibility index (Phi) is 15.0. The second kappa shape index (κ2) is 21.2. The van der Waals surface area contributed by atoms with Crippen molar-refractivity contribution < 1.29 is 37.4 Å². The number of benzene rings is 3. The Morgan fingerprint density at radius 2 is 1.75 bits per heavy atom. The molecule has 0 spiro atoms. The first kappa shape index (κ1) is 51.1. The molecular weight excluding hydrogens is 983 g/mol. The number of aliphatic hydroxyl groups is 1. The van der Waals surface area contributed by atoms with Crippen LogP contribution in [0.2, 0.25) is 5.02 Å². The topological polar surface area (TPSA) is 238 Å². The largest absolute Gasteiger partial charge is 0.391 e. The van der Waals surface area contributed by atoms with Crippen LogP contribution in [-0.4, -0.2) is 110 Å². The number of aryl methyl sites for hydroxylation is 2. The summed E-state index contributed by atoms with van der Waals surface area (Å²) >= 11 is 8.04. The van der Waals surface area contributed by atoms with E-state index in [-0.39, 0.29) is 55.0 Å². The third-order valence-electron chi connectivity index (χ3n) is 11.8. The van der Waals surface area contributed by atoms with Crippen molar-refractivity contribution in [2.45, 2.75) is 78.5 Å². The summed E-state index contributed by atoms with van der Waals surface area (Å²) in [6.07, 6.45) is 2.19. The van der Waals surface area contributed by atoms with Crippen molar-refractivity contribution in [2.75, 3.05) is 25.1 Å². The first-order valence-corrected chi connectivity index (χ1v) is 23.7. The number of β-amino-alcohol motifs (C(OH)–C–C–N with tert-alkyl or cyclic N) is 1. The van der Waals surface area contributed by atoms with Gasteiger partial charge in [-0.25, -0.2) is 37.0 Å². The van der Waals surface area contributed by atoms with Crippen LogP contribution >= 0.6 is 22.9 Å². The SMILES string of the molecule is Cc1ncsc1-c1ccc(CNC(=O)[C@@H]2C[C@@H](O)CN2C(=O)[C@@H](NC(=O)COCCn2cc(Cn3c(=O)nc(Nc4cc5cn(C)nc5cc4Cl)n(Cc4cc(F)c(F)cc4F)c3=O)nn2)C(C)(C)C)cc1. The number of anilines is 2. The van der Waals surface area contributed by atoms with Crippen molar-refractivity contribution in [3.8, 4) is 10.4 Å². The number of ether oxygens (including phenoxy) is 1. The van der Waals surface area contributed by atoms with Crippen LogP contribution in [0.3, 0.4) is 0 Å². The minimum Gasteiger partial charge on any atom is -0.391 e. The summed E-state index contributed by atoms with van der Waals surface area (Å²) < 4.78 is 53.1. The highest BCUT2D eigenvalue weighted by Gasteiger charge is 2.44. The average molecular weight is 1030 g/mol. The number of aromatic nitrogens is 9. The van der Waals surface area contributed by atoms with Crippen LogP contribution in [0.4, 0.5) is 24.8 Å². The molecule has 1 aliphatic heterocycles. The summed E-state index contributed by atoms with van der Waals surface area (Å²) in [5, 5.41) is 32.2. The maximum atomic E-state index is 14.9. The number of carbonyl (C=O) groups excluding carboxylic acids is 3. The summed E-state index contributed by atoms with van der Waals surface area (Å²) in [5.41, 5.74) is 2.15. The summed E-state index contributed by atoms with van der Waals surface area (Å²) in [4.78, 5) is 79.0. The van der Waals surface area contributed by atoms with E-state index in [1.807, 2.05) is 31.2 Å². The Bertz CT molecular complexity index is 3300. The van der Waals surface area contributed by atoms with Gasteiger partial charge in [0.2, 0.25) is 23.7 Å². The molecule has 72 heavy (non-hydrogen) atoms. The second-order valence-electron chi connectivity index (χ2n) is 18.3. The predicted molar refractivity (Wildman–Crippen MR) is 259 cm³/mol. The van der Waals surface area contributed by atoms with Crippen LogP contribution in [0.25, 0.3) is 21.3 Å². The van der Waals surface area contributed by atoms with Gasteiger partial charge in [-0.05, 0) is 41.7 Å². The van der Waals surface area contributed by atoms with Crippen LogP contribution in [0.5, 0.6) is 0 Å². The standard InChI is InChI=1S/C47H49ClF3N13O7S/c1-25-40(72-24-53-25)27-8-6-26(7-9-27)17-52-42(67)38-14-31(65)22-62(38)43(68)41(47(2,3)4)55-39(66)23-71-11-10-61-20-30(57-59-61)21-64-45(69)56-44(54-37-13-29-18-60(5)58-36(29)15-32(37)48)63(46(64)70)19-28-12-34(50)35(51)16-33(28)49/h6-9,12-13,15-16,18,20,24,31,38,41,65H,10-11,14,17,19,21-23H2,1-5H3,(H,52,67)(H,55,66)(H,54,56,69)/t31-,38+,41-/m1/s1. The number of aliphatic hydroxyl groups excluding tert-OH is 1. The highest BCUT2D eigenvalue weighted by Crippen LogP contribution is 2.31. The van der Waals surface area contributed by atoms with Gasteiger partial charge >= 0.3 is 11.4 Å². The molecule has 0 aliphatic carbocycles. The van der Waals surface area contributed by atoms with E-state index >= 15 is 0 Å². The minimum atomic E-state index is -1.44. The minimum absolute atomic E-state index is 0.0242. The van der Waals surface area contributed by atoms with Gasteiger partial charge in [-0.3, -0.25) is 23.6 Å². The van der Waals surface area contributed by atoms with E-state index in [0.29, 0.717) is 27.6 Å². The first-order valence-electron chi connectivity index (χ1n) is 22.5. The van der Waals surface area contributed by atoms with Gasteiger partial charge in [0.25, 0.3) is 0 Å². The zero-order chi connectivity index (χ0) is 51.6. The Morgan fingerprint density at radius 1 is 1.00 bits per heavy atom. The molecule has 378 valence electrons. The van der Waals surface area contributed by atoms with Gasteiger partial charge in [-0.1, -0.05) is 61.9 Å². The Balaban J connectivity index is 0.881. The van der Waals surface area contributed by atoms with E-state index in [1.165, 1.54) is 27.1 Å². The molecule has 0 bridgehead atoms. The van der Waals surface area contributed by atoms with Gasteiger partial charge in [0, 0.05) is 49.8 Å². The molecule has 5 heterocycles. The number of rotatable bonds is 17. The lowest BCUT2D eigenvalue weighted by atomic mass is 9.85. The number of nitrogens with zero attached hydrogens (tertiary/aromatic N) is 10. The van der Waals surface area contributed by atoms with E-state index < -0.39 is 95.4 Å². The predicted octanol–water partition coefficient (Wildman–Crippen LogP) is 4.05. The first-order chi connectivity index (χ1) is 34.2. The number of nitrogens with one attached hydrogen (secondary N) is 3. The van der Waals surface area contributed by atoms with Crippen molar-refractivity contribution in [1.29, 1.82) is 0 Å². The monoisotopic (exact) mass is 1030 g/mol. The fraction of sp³-hybridized carbons (Fsp3) is 0.362. The molecule has 20 nitrogen and oxygen atoms in total. The molecule has 3 aromatic carbocycles. The van der Waals surface area contributed by atoms with Crippen molar-refractivity contribution in [1.82, 2.24) is 59.4 Å². The Hall–Kier alpha value is -7.28. The van der Waals surface area contributed by atoms with Crippen LogP contribution in [0, 0.1) is 29.8 Å². The van der Waals surface area contributed by atoms with E-state index in [1.54, 1.807) is 56.3 Å². The zero-order valence-corrected chi connectivity index (χ0v) is 41.1. The van der Waals surface area contributed by atoms with Crippen LogP contribution < -0.4 is 27.3 Å². The Labute approximate surface area is 417 Å². The molecule has 1 saturated heterocycles. The quantitative estimate of drug-likeness (QED) is 0.0745. The third kappa shape index (κ3) is 11.6. The van der Waals surface area contributed by atoms with Crippen molar-refractivity contribution in [3.05, 3.63) is 132 Å². The normalized spacial score (nSPS) is 15.3. The molecule has 4 aromatic heterocycles. The fourth-order valence-corrected chi connectivity index (χ4v) is 9.15. The average Bonchev–Trinajstić information content (AvgIpc) is 4.14. The number of hydrogen-bond donors (Lipinski definition) is 4. The molecule has 25 heteroatoms. The lowest BCUT2D eigenvalue weighted by Gasteiger charge is -2.35. The molecule has 0 radical (unpaired) electrons. The van der Waals surface area contributed by atoms with Gasteiger partial charge in [0.05, 0.1) is 70.9 Å². The summed E-state index contributed by atoms with van der Waals surface area (Å²) in [6, 6.07) is 9.72. The molecular formula is C47H49ClF3N13O7S. The maximum Gasteiger partial charge on any atom is 0.355 e. The molecule has 0 unspecified atom stereocenters. The van der Waals surface area contributed by atoms with Gasteiger partial charge in [-0.15, -0.1) is 16.4 Å². The van der Waals surface area contributed by atoms with Crippen LogP contribution in [0.15, 0.2) is 76.0 Å². The Morgan fingerprint density at radius 3 is 2.47 bits per heavy atom. The van der Waals surface area contributed by atoms with E-state index in [9.17, 15) is 42.3 Å². The van der Waals surface area contributed by atoms with E-state index in [4.69, 9.17) is 16.3 Å². The molecule has 8 rings (SSSR count). The zero-order valence-electron chi connectivity index (χ0n) is 39.5. The lowest BCUT2D eigenvalue weighted by Crippen LogP contribution is -2.58. The summed E-state index contributed by atoms with van der Waals surface area (Å²) in [6.45, 7) is 5.69. The number of carbonyl (C=O) groups is 3. The van der Waals surface area contributed by atoms with E-state index in [2.05, 4.69) is 41.3 Å². The lowest BCUT2D eigenvalue weighted by molar-refractivity contribution is -0.144.